The Kier molecular flexibility index (Phi) is 5.78. The maximum atomic E-state index is 12.7. The van der Waals surface area contributed by atoms with E-state index in [1.165, 1.54) is 5.69 Å². The highest BCUT2D eigenvalue weighted by Crippen LogP contribution is 2.40. The number of nitrogens with one attached hydrogen (secondary N) is 1. The van der Waals surface area contributed by atoms with E-state index in [0.29, 0.717) is 13.1 Å². The molecule has 176 valence electrons. The molecule has 1 aromatic carbocycles. The van der Waals surface area contributed by atoms with E-state index in [2.05, 4.69) is 16.0 Å². The van der Waals surface area contributed by atoms with Crippen LogP contribution in [0.5, 0.6) is 5.75 Å². The van der Waals surface area contributed by atoms with Gasteiger partial charge in [-0.15, -0.1) is 11.3 Å². The first-order valence-electron chi connectivity index (χ1n) is 11.5. The number of rotatable bonds is 3. The molecule has 1 saturated heterocycles. The fraction of sp³-hybridized carbons (Fsp3) is 0.542. The van der Waals surface area contributed by atoms with Gasteiger partial charge in [-0.2, -0.15) is 0 Å². The molecular weight excluding hydrogens is 438 g/mol. The Bertz CT molecular complexity index is 1150. The van der Waals surface area contributed by atoms with E-state index in [9.17, 15) is 4.79 Å². The Labute approximate surface area is 197 Å². The first-order chi connectivity index (χ1) is 15.8. The Morgan fingerprint density at radius 2 is 1.88 bits per heavy atom. The van der Waals surface area contributed by atoms with E-state index < -0.39 is 0 Å². The Hall–Kier alpha value is -2.65. The number of methoxy groups -OCH3 is 1. The Balaban J connectivity index is 1.45. The molecule has 8 nitrogen and oxygen atoms in total. The van der Waals surface area contributed by atoms with Crippen LogP contribution in [0.1, 0.15) is 32.2 Å². The van der Waals surface area contributed by atoms with Crippen LogP contribution in [-0.2, 0) is 22.4 Å². The molecule has 0 aliphatic carbocycles. The Morgan fingerprint density at radius 1 is 1.12 bits per heavy atom. The van der Waals surface area contributed by atoms with Gasteiger partial charge in [-0.3, -0.25) is 4.79 Å². The van der Waals surface area contributed by atoms with Crippen molar-refractivity contribution in [1.82, 2.24) is 19.9 Å². The molecule has 1 amide bonds. The van der Waals surface area contributed by atoms with Crippen LogP contribution in [-0.4, -0.2) is 72.3 Å². The predicted molar refractivity (Wildman–Crippen MR) is 130 cm³/mol. The number of H-pyrrole nitrogens is 1. The van der Waals surface area contributed by atoms with Crippen LogP contribution in [0.2, 0.25) is 0 Å². The number of nitrogens with zero attached hydrogens (tertiary/aromatic N) is 4. The first-order valence-corrected chi connectivity index (χ1v) is 12.3. The van der Waals surface area contributed by atoms with E-state index in [4.69, 9.17) is 19.4 Å². The number of carbonyl (C=O) groups is 1. The molecule has 5 rings (SSSR count). The van der Waals surface area contributed by atoms with Gasteiger partial charge < -0.3 is 24.3 Å². The van der Waals surface area contributed by atoms with Crippen molar-refractivity contribution in [3.8, 4) is 16.6 Å². The number of amides is 1. The van der Waals surface area contributed by atoms with E-state index >= 15 is 0 Å². The molecule has 2 aromatic heterocycles. The van der Waals surface area contributed by atoms with E-state index in [-0.39, 0.29) is 11.3 Å². The second kappa shape index (κ2) is 8.61. The van der Waals surface area contributed by atoms with Crippen LogP contribution >= 0.6 is 11.3 Å². The number of ether oxygens (including phenoxy) is 2. The third-order valence-corrected chi connectivity index (χ3v) is 7.39. The van der Waals surface area contributed by atoms with Crippen LogP contribution in [0.15, 0.2) is 12.1 Å². The van der Waals surface area contributed by atoms with Gasteiger partial charge in [0, 0.05) is 50.1 Å². The van der Waals surface area contributed by atoms with Gasteiger partial charge in [0.15, 0.2) is 10.8 Å². The number of benzene rings is 1. The number of carbonyl (C=O) groups excluding carboxylic acids is 1. The summed E-state index contributed by atoms with van der Waals surface area (Å²) in [6, 6.07) is 4.11. The maximum absolute atomic E-state index is 12.7. The minimum atomic E-state index is -0.366. The average Bonchev–Trinajstić information content (AvgIpc) is 3.38. The van der Waals surface area contributed by atoms with Crippen LogP contribution < -0.4 is 9.64 Å². The summed E-state index contributed by atoms with van der Waals surface area (Å²) < 4.78 is 12.3. The number of fused-ring (bicyclic) bond motifs is 2. The summed E-state index contributed by atoms with van der Waals surface area (Å²) in [7, 11) is 1.68. The van der Waals surface area contributed by atoms with Crippen LogP contribution in [0.25, 0.3) is 21.0 Å². The van der Waals surface area contributed by atoms with Gasteiger partial charge in [0.1, 0.15) is 11.3 Å². The van der Waals surface area contributed by atoms with Crippen molar-refractivity contribution in [3.63, 3.8) is 0 Å². The molecule has 1 fully saturated rings. The largest absolute Gasteiger partial charge is 0.494 e. The molecule has 2 aliphatic rings. The molecular formula is C24H31N5O3S. The molecule has 33 heavy (non-hydrogen) atoms. The predicted octanol–water partition coefficient (Wildman–Crippen LogP) is 3.50. The summed E-state index contributed by atoms with van der Waals surface area (Å²) in [4.78, 5) is 30.4. The SMILES string of the molecule is COc1ccc(N2CCOCC2)c2sc(-c3nc4c([nH]3)CCN(C(=O)C(C)(C)C)CC4)nc12. The van der Waals surface area contributed by atoms with Gasteiger partial charge in [-0.05, 0) is 12.1 Å². The minimum absolute atomic E-state index is 0.196. The van der Waals surface area contributed by atoms with E-state index in [1.54, 1.807) is 18.4 Å². The van der Waals surface area contributed by atoms with E-state index in [0.717, 1.165) is 77.3 Å². The standard InChI is InChI=1S/C24H31N5O3S/c1-24(2,3)23(30)29-9-7-15-16(8-10-29)26-21(25-15)22-27-19-18(31-4)6-5-17(20(19)33-22)28-11-13-32-14-12-28/h5-6H,7-14H2,1-4H3,(H,25,26). The van der Waals surface area contributed by atoms with Gasteiger partial charge in [0.05, 0.1) is 36.4 Å². The maximum Gasteiger partial charge on any atom is 0.227 e. The normalized spacial score (nSPS) is 17.2. The first kappa shape index (κ1) is 22.2. The number of imidazole rings is 1. The van der Waals surface area contributed by atoms with Crippen molar-refractivity contribution in [1.29, 1.82) is 0 Å². The van der Waals surface area contributed by atoms with Crippen molar-refractivity contribution in [2.75, 3.05) is 51.4 Å². The molecule has 0 saturated carbocycles. The monoisotopic (exact) mass is 469 g/mol. The molecule has 0 spiro atoms. The molecule has 0 bridgehead atoms. The summed E-state index contributed by atoms with van der Waals surface area (Å²) in [5.74, 6) is 1.77. The smallest absolute Gasteiger partial charge is 0.227 e. The highest BCUT2D eigenvalue weighted by atomic mass is 32.1. The van der Waals surface area contributed by atoms with Crippen LogP contribution in [0.4, 0.5) is 5.69 Å². The number of hydrogen-bond acceptors (Lipinski definition) is 7. The fourth-order valence-corrected chi connectivity index (χ4v) is 5.59. The lowest BCUT2D eigenvalue weighted by Gasteiger charge is -2.29. The summed E-state index contributed by atoms with van der Waals surface area (Å²) in [6.45, 7) is 10.5. The van der Waals surface area contributed by atoms with Crippen LogP contribution in [0, 0.1) is 5.41 Å². The van der Waals surface area contributed by atoms with Crippen molar-refractivity contribution in [3.05, 3.63) is 23.5 Å². The lowest BCUT2D eigenvalue weighted by Crippen LogP contribution is -2.40. The van der Waals surface area contributed by atoms with Crippen molar-refractivity contribution < 1.29 is 14.3 Å². The number of anilines is 1. The number of thiazole rings is 1. The minimum Gasteiger partial charge on any atom is -0.494 e. The number of hydrogen-bond donors (Lipinski definition) is 1. The number of aromatic nitrogens is 3. The highest BCUT2D eigenvalue weighted by molar-refractivity contribution is 7.22. The molecule has 3 aromatic rings. The third kappa shape index (κ3) is 4.19. The molecule has 9 heteroatoms. The van der Waals surface area contributed by atoms with Gasteiger partial charge in [-0.25, -0.2) is 9.97 Å². The van der Waals surface area contributed by atoms with E-state index in [1.807, 2.05) is 31.7 Å². The van der Waals surface area contributed by atoms with Crippen molar-refractivity contribution >= 4 is 33.1 Å². The summed E-state index contributed by atoms with van der Waals surface area (Å²) in [6.07, 6.45) is 1.53. The fourth-order valence-electron chi connectivity index (χ4n) is 4.53. The number of aromatic amines is 1. The second-order valence-electron chi connectivity index (χ2n) is 9.64. The van der Waals surface area contributed by atoms with Gasteiger partial charge in [-0.1, -0.05) is 20.8 Å². The summed E-state index contributed by atoms with van der Waals surface area (Å²) in [5, 5.41) is 0.861. The Morgan fingerprint density at radius 3 is 2.61 bits per heavy atom. The third-order valence-electron chi connectivity index (χ3n) is 6.30. The zero-order chi connectivity index (χ0) is 23.2. The van der Waals surface area contributed by atoms with Gasteiger partial charge in [0.2, 0.25) is 5.91 Å². The zero-order valence-electron chi connectivity index (χ0n) is 19.7. The van der Waals surface area contributed by atoms with Crippen LogP contribution in [0.3, 0.4) is 0 Å². The lowest BCUT2D eigenvalue weighted by atomic mass is 9.94. The topological polar surface area (TPSA) is 83.6 Å². The summed E-state index contributed by atoms with van der Waals surface area (Å²) >= 11 is 1.65. The van der Waals surface area contributed by atoms with Crippen molar-refractivity contribution in [2.45, 2.75) is 33.6 Å². The lowest BCUT2D eigenvalue weighted by molar-refractivity contribution is -0.139. The molecule has 4 heterocycles. The molecule has 1 N–H and O–H groups in total. The van der Waals surface area contributed by atoms with Gasteiger partial charge in [0.25, 0.3) is 0 Å². The second-order valence-corrected chi connectivity index (χ2v) is 10.6. The molecule has 2 aliphatic heterocycles. The quantitative estimate of drug-likeness (QED) is 0.632. The van der Waals surface area contributed by atoms with Crippen molar-refractivity contribution in [2.24, 2.45) is 5.41 Å². The summed E-state index contributed by atoms with van der Waals surface area (Å²) in [5.41, 5.74) is 3.81. The number of morpholine rings is 1. The molecule has 0 unspecified atom stereocenters. The highest BCUT2D eigenvalue weighted by Gasteiger charge is 2.29. The molecule has 0 radical (unpaired) electrons. The average molecular weight is 470 g/mol. The molecule has 0 atom stereocenters. The van der Waals surface area contributed by atoms with Gasteiger partial charge >= 0.3 is 0 Å². The zero-order valence-corrected chi connectivity index (χ0v) is 20.5.